The summed E-state index contributed by atoms with van der Waals surface area (Å²) in [5, 5.41) is 0. The molecular formula is C14H19NO. The van der Waals surface area contributed by atoms with Crippen molar-refractivity contribution in [3.8, 4) is 0 Å². The van der Waals surface area contributed by atoms with Gasteiger partial charge in [-0.1, -0.05) is 19.1 Å². The second-order valence-electron chi connectivity index (χ2n) is 4.86. The van der Waals surface area contributed by atoms with Crippen LogP contribution in [0, 0.1) is 0 Å². The van der Waals surface area contributed by atoms with Crippen LogP contribution in [0.2, 0.25) is 0 Å². The van der Waals surface area contributed by atoms with Gasteiger partial charge in [0.1, 0.15) is 0 Å². The molecule has 0 heterocycles. The van der Waals surface area contributed by atoms with Crippen LogP contribution in [-0.4, -0.2) is 11.8 Å². The molecule has 0 aliphatic heterocycles. The lowest BCUT2D eigenvalue weighted by Crippen LogP contribution is -2.27. The molecule has 0 bridgehead atoms. The first kappa shape index (κ1) is 11.3. The highest BCUT2D eigenvalue weighted by molar-refractivity contribution is 5.99. The molecule has 0 radical (unpaired) electrons. The van der Waals surface area contributed by atoms with Gasteiger partial charge in [0.15, 0.2) is 5.78 Å². The van der Waals surface area contributed by atoms with Gasteiger partial charge >= 0.3 is 0 Å². The number of ketones is 1. The van der Waals surface area contributed by atoms with Crippen molar-refractivity contribution >= 4 is 5.78 Å². The number of carbonyl (C=O) groups is 1. The Kier molecular flexibility index (Phi) is 3.10. The molecule has 2 atom stereocenters. The van der Waals surface area contributed by atoms with Gasteiger partial charge in [-0.3, -0.25) is 4.79 Å². The van der Waals surface area contributed by atoms with Crippen LogP contribution in [0.1, 0.15) is 54.1 Å². The Morgan fingerprint density at radius 3 is 2.94 bits per heavy atom. The van der Waals surface area contributed by atoms with Crippen LogP contribution in [0.15, 0.2) is 18.2 Å². The standard InChI is InChI=1S/C14H19NO/c1-9-4-3-5-11-6-7-12(8-13(9)11)14(16)10(2)15/h6-10H,3-5,15H2,1-2H3. The number of hydrogen-bond donors (Lipinski definition) is 1. The number of hydrogen-bond acceptors (Lipinski definition) is 2. The van der Waals surface area contributed by atoms with E-state index in [4.69, 9.17) is 5.73 Å². The van der Waals surface area contributed by atoms with Crippen molar-refractivity contribution in [3.05, 3.63) is 34.9 Å². The van der Waals surface area contributed by atoms with Gasteiger partial charge in [0.25, 0.3) is 0 Å². The van der Waals surface area contributed by atoms with E-state index in [1.807, 2.05) is 12.1 Å². The van der Waals surface area contributed by atoms with Gasteiger partial charge in [-0.15, -0.1) is 0 Å². The van der Waals surface area contributed by atoms with Crippen molar-refractivity contribution in [2.24, 2.45) is 5.73 Å². The Morgan fingerprint density at radius 1 is 1.50 bits per heavy atom. The number of rotatable bonds is 2. The number of Topliss-reactive ketones (excluding diaryl/α,β-unsaturated/α-hetero) is 1. The number of aryl methyl sites for hydroxylation is 1. The fourth-order valence-corrected chi connectivity index (χ4v) is 2.45. The SMILES string of the molecule is CC(N)C(=O)c1ccc2c(c1)C(C)CCC2. The highest BCUT2D eigenvalue weighted by Gasteiger charge is 2.19. The largest absolute Gasteiger partial charge is 0.321 e. The molecule has 0 saturated heterocycles. The number of carbonyl (C=O) groups excluding carboxylic acids is 1. The molecule has 2 heteroatoms. The Morgan fingerprint density at radius 2 is 2.25 bits per heavy atom. The van der Waals surface area contributed by atoms with Crippen LogP contribution in [-0.2, 0) is 6.42 Å². The van der Waals surface area contributed by atoms with Crippen molar-refractivity contribution in [1.29, 1.82) is 0 Å². The zero-order chi connectivity index (χ0) is 11.7. The van der Waals surface area contributed by atoms with Gasteiger partial charge in [0.2, 0.25) is 0 Å². The number of nitrogens with two attached hydrogens (primary N) is 1. The van der Waals surface area contributed by atoms with E-state index in [-0.39, 0.29) is 5.78 Å². The van der Waals surface area contributed by atoms with E-state index in [9.17, 15) is 4.79 Å². The molecular weight excluding hydrogens is 198 g/mol. The molecule has 1 aromatic rings. The first-order valence-corrected chi connectivity index (χ1v) is 6.02. The normalized spacial score (nSPS) is 21.3. The summed E-state index contributed by atoms with van der Waals surface area (Å²) in [4.78, 5) is 11.8. The van der Waals surface area contributed by atoms with Gasteiger partial charge in [-0.25, -0.2) is 0 Å². The first-order chi connectivity index (χ1) is 7.59. The topological polar surface area (TPSA) is 43.1 Å². The molecule has 2 unspecified atom stereocenters. The van der Waals surface area contributed by atoms with Crippen LogP contribution in [0.4, 0.5) is 0 Å². The molecule has 2 rings (SSSR count). The number of benzene rings is 1. The third-order valence-electron chi connectivity index (χ3n) is 3.46. The average molecular weight is 217 g/mol. The minimum atomic E-state index is -0.406. The van der Waals surface area contributed by atoms with Crippen LogP contribution >= 0.6 is 0 Å². The minimum Gasteiger partial charge on any atom is -0.321 e. The zero-order valence-corrected chi connectivity index (χ0v) is 9.99. The molecule has 1 aliphatic rings. The predicted octanol–water partition coefficient (Wildman–Crippen LogP) is 2.66. The van der Waals surface area contributed by atoms with Crippen LogP contribution < -0.4 is 5.73 Å². The Bertz CT molecular complexity index is 409. The molecule has 2 N–H and O–H groups in total. The quantitative estimate of drug-likeness (QED) is 0.774. The van der Waals surface area contributed by atoms with Crippen LogP contribution in [0.5, 0.6) is 0 Å². The van der Waals surface area contributed by atoms with Crippen LogP contribution in [0.25, 0.3) is 0 Å². The van der Waals surface area contributed by atoms with Crippen molar-refractivity contribution < 1.29 is 4.79 Å². The minimum absolute atomic E-state index is 0.0422. The highest BCUT2D eigenvalue weighted by Crippen LogP contribution is 2.31. The lowest BCUT2D eigenvalue weighted by atomic mass is 9.82. The second kappa shape index (κ2) is 4.38. The van der Waals surface area contributed by atoms with Gasteiger partial charge in [0, 0.05) is 5.56 Å². The van der Waals surface area contributed by atoms with E-state index in [0.29, 0.717) is 5.92 Å². The van der Waals surface area contributed by atoms with E-state index in [2.05, 4.69) is 13.0 Å². The van der Waals surface area contributed by atoms with E-state index in [1.165, 1.54) is 24.0 Å². The maximum Gasteiger partial charge on any atom is 0.179 e. The Labute approximate surface area is 96.8 Å². The van der Waals surface area contributed by atoms with Gasteiger partial charge in [0.05, 0.1) is 6.04 Å². The molecule has 16 heavy (non-hydrogen) atoms. The van der Waals surface area contributed by atoms with Crippen molar-refractivity contribution in [2.45, 2.75) is 45.1 Å². The summed E-state index contributed by atoms with van der Waals surface area (Å²) < 4.78 is 0. The van der Waals surface area contributed by atoms with Gasteiger partial charge in [-0.2, -0.15) is 0 Å². The summed E-state index contributed by atoms with van der Waals surface area (Å²) in [6.07, 6.45) is 3.63. The highest BCUT2D eigenvalue weighted by atomic mass is 16.1. The van der Waals surface area contributed by atoms with E-state index >= 15 is 0 Å². The molecule has 86 valence electrons. The smallest absolute Gasteiger partial charge is 0.179 e. The molecule has 0 spiro atoms. The Hall–Kier alpha value is -1.15. The van der Waals surface area contributed by atoms with Crippen molar-refractivity contribution in [3.63, 3.8) is 0 Å². The summed E-state index contributed by atoms with van der Waals surface area (Å²) >= 11 is 0. The maximum absolute atomic E-state index is 11.8. The summed E-state index contributed by atoms with van der Waals surface area (Å²) in [6, 6.07) is 5.66. The van der Waals surface area contributed by atoms with Crippen LogP contribution in [0.3, 0.4) is 0 Å². The molecule has 0 aromatic heterocycles. The molecule has 1 aliphatic carbocycles. The fraction of sp³-hybridized carbons (Fsp3) is 0.500. The maximum atomic E-state index is 11.8. The van der Waals surface area contributed by atoms with Gasteiger partial charge in [-0.05, 0) is 49.3 Å². The molecule has 0 fully saturated rings. The lowest BCUT2D eigenvalue weighted by molar-refractivity contribution is 0.0968. The third-order valence-corrected chi connectivity index (χ3v) is 3.46. The summed E-state index contributed by atoms with van der Waals surface area (Å²) in [5.41, 5.74) is 9.14. The van der Waals surface area contributed by atoms with E-state index < -0.39 is 6.04 Å². The van der Waals surface area contributed by atoms with Crippen molar-refractivity contribution in [2.75, 3.05) is 0 Å². The Balaban J connectivity index is 2.37. The van der Waals surface area contributed by atoms with Gasteiger partial charge < -0.3 is 5.73 Å². The monoisotopic (exact) mass is 217 g/mol. The zero-order valence-electron chi connectivity index (χ0n) is 9.99. The van der Waals surface area contributed by atoms with Crippen molar-refractivity contribution in [1.82, 2.24) is 0 Å². The molecule has 0 saturated carbocycles. The lowest BCUT2D eigenvalue weighted by Gasteiger charge is -2.23. The fourth-order valence-electron chi connectivity index (χ4n) is 2.45. The third kappa shape index (κ3) is 2.03. The summed E-state index contributed by atoms with van der Waals surface area (Å²) in [5.74, 6) is 0.616. The first-order valence-electron chi connectivity index (χ1n) is 6.02. The van der Waals surface area contributed by atoms with E-state index in [1.54, 1.807) is 6.92 Å². The second-order valence-corrected chi connectivity index (χ2v) is 4.86. The molecule has 0 amide bonds. The summed E-state index contributed by atoms with van der Waals surface area (Å²) in [7, 11) is 0. The average Bonchev–Trinajstić information content (AvgIpc) is 2.28. The molecule has 1 aromatic carbocycles. The predicted molar refractivity (Wildman–Crippen MR) is 65.8 cm³/mol. The molecule has 2 nitrogen and oxygen atoms in total. The number of fused-ring (bicyclic) bond motifs is 1. The van der Waals surface area contributed by atoms with E-state index in [0.717, 1.165) is 12.0 Å². The summed E-state index contributed by atoms with van der Waals surface area (Å²) in [6.45, 7) is 3.98.